The molecular formula is C17H14N2O3S2. The van der Waals surface area contributed by atoms with Gasteiger partial charge >= 0.3 is 5.97 Å². The average Bonchev–Trinajstić information content (AvgIpc) is 3.22. The highest BCUT2D eigenvalue weighted by Crippen LogP contribution is 2.38. The number of hydrogen-bond donors (Lipinski definition) is 2. The van der Waals surface area contributed by atoms with Gasteiger partial charge in [0.05, 0.1) is 10.2 Å². The molecule has 24 heavy (non-hydrogen) atoms. The second-order valence-electron chi connectivity index (χ2n) is 5.37. The van der Waals surface area contributed by atoms with Crippen LogP contribution in [-0.2, 0) is 4.79 Å². The molecule has 0 amide bonds. The lowest BCUT2D eigenvalue weighted by Crippen LogP contribution is -2.37. The fourth-order valence-electron chi connectivity index (χ4n) is 2.47. The summed E-state index contributed by atoms with van der Waals surface area (Å²) in [4.78, 5) is 16.8. The molecule has 0 saturated carbocycles. The summed E-state index contributed by atoms with van der Waals surface area (Å²) in [6.07, 6.45) is 0. The Morgan fingerprint density at radius 1 is 1.25 bits per heavy atom. The lowest BCUT2D eigenvalue weighted by Gasteiger charge is -2.11. The molecule has 1 aliphatic heterocycles. The van der Waals surface area contributed by atoms with Crippen molar-refractivity contribution >= 4 is 39.3 Å². The highest BCUT2D eigenvalue weighted by atomic mass is 32.2. The van der Waals surface area contributed by atoms with E-state index in [0.717, 1.165) is 15.2 Å². The summed E-state index contributed by atoms with van der Waals surface area (Å²) in [5.41, 5.74) is 0.852. The maximum Gasteiger partial charge on any atom is 0.329 e. The molecule has 3 aromatic rings. The van der Waals surface area contributed by atoms with Gasteiger partial charge in [-0.2, -0.15) is 0 Å². The fraction of sp³-hybridized carbons (Fsp3) is 0.176. The van der Waals surface area contributed by atoms with Crippen molar-refractivity contribution in [3.8, 4) is 11.5 Å². The zero-order chi connectivity index (χ0) is 16.5. The summed E-state index contributed by atoms with van der Waals surface area (Å²) in [7, 11) is 0. The first kappa shape index (κ1) is 15.4. The fourth-order valence-corrected chi connectivity index (χ4v) is 4.83. The molecule has 1 aliphatic rings. The minimum absolute atomic E-state index is 0.0436. The molecule has 1 aromatic heterocycles. The molecule has 122 valence electrons. The van der Waals surface area contributed by atoms with E-state index in [1.54, 1.807) is 42.1 Å². The molecule has 0 radical (unpaired) electrons. The van der Waals surface area contributed by atoms with Gasteiger partial charge < -0.3 is 9.84 Å². The van der Waals surface area contributed by atoms with Crippen LogP contribution in [0.5, 0.6) is 11.5 Å². The van der Waals surface area contributed by atoms with Crippen LogP contribution in [0.2, 0.25) is 0 Å². The standard InChI is InChI=1S/C17H14N2O3S2/c20-10-6-7-12-14(8-10)24-16(18-12)15-19-13(9-23-15)17(21)22-11-4-2-1-3-5-11/h1-8,13,15,19-20H,9H2. The monoisotopic (exact) mass is 358 g/mol. The van der Waals surface area contributed by atoms with Crippen LogP contribution in [0, 0.1) is 0 Å². The van der Waals surface area contributed by atoms with E-state index in [9.17, 15) is 9.90 Å². The number of hydrogen-bond acceptors (Lipinski definition) is 7. The van der Waals surface area contributed by atoms with E-state index in [2.05, 4.69) is 10.3 Å². The summed E-state index contributed by atoms with van der Waals surface area (Å²) in [5.74, 6) is 1.13. The number of thioether (sulfide) groups is 1. The first-order valence-electron chi connectivity index (χ1n) is 7.43. The van der Waals surface area contributed by atoms with Gasteiger partial charge in [0, 0.05) is 5.75 Å². The SMILES string of the molecule is O=C(Oc1ccccc1)C1CSC(c2nc3ccc(O)cc3s2)N1. The van der Waals surface area contributed by atoms with E-state index in [1.165, 1.54) is 11.3 Å². The number of phenols is 1. The van der Waals surface area contributed by atoms with Crippen molar-refractivity contribution in [2.24, 2.45) is 0 Å². The van der Waals surface area contributed by atoms with Gasteiger partial charge in [0.2, 0.25) is 0 Å². The van der Waals surface area contributed by atoms with Crippen LogP contribution in [0.15, 0.2) is 48.5 Å². The van der Waals surface area contributed by atoms with E-state index in [-0.39, 0.29) is 23.1 Å². The van der Waals surface area contributed by atoms with Crippen molar-refractivity contribution in [2.75, 3.05) is 5.75 Å². The number of para-hydroxylation sites is 1. The molecule has 4 rings (SSSR count). The zero-order valence-corrected chi connectivity index (χ0v) is 14.1. The Labute approximate surface area is 146 Å². The molecule has 0 bridgehead atoms. The Balaban J connectivity index is 1.46. The molecule has 2 heterocycles. The summed E-state index contributed by atoms with van der Waals surface area (Å²) < 4.78 is 6.33. The van der Waals surface area contributed by atoms with Crippen LogP contribution < -0.4 is 10.1 Å². The number of fused-ring (bicyclic) bond motifs is 1. The van der Waals surface area contributed by atoms with Crippen LogP contribution in [0.3, 0.4) is 0 Å². The highest BCUT2D eigenvalue weighted by molar-refractivity contribution is 7.99. The van der Waals surface area contributed by atoms with Crippen LogP contribution in [-0.4, -0.2) is 27.9 Å². The number of carbonyl (C=O) groups is 1. The Bertz CT molecular complexity index is 882. The van der Waals surface area contributed by atoms with Gasteiger partial charge in [-0.3, -0.25) is 5.32 Å². The first-order valence-corrected chi connectivity index (χ1v) is 9.29. The van der Waals surface area contributed by atoms with Gasteiger partial charge in [-0.05, 0) is 30.3 Å². The quantitative estimate of drug-likeness (QED) is 0.553. The maximum absolute atomic E-state index is 12.3. The minimum Gasteiger partial charge on any atom is -0.508 e. The minimum atomic E-state index is -0.361. The van der Waals surface area contributed by atoms with Crippen molar-refractivity contribution in [1.29, 1.82) is 0 Å². The number of rotatable bonds is 3. The number of ether oxygens (including phenoxy) is 1. The molecule has 2 unspecified atom stereocenters. The van der Waals surface area contributed by atoms with E-state index in [4.69, 9.17) is 4.74 Å². The Morgan fingerprint density at radius 3 is 2.92 bits per heavy atom. The third-order valence-corrected chi connectivity index (χ3v) is 6.09. The normalized spacial score (nSPS) is 20.3. The van der Waals surface area contributed by atoms with Gasteiger partial charge in [-0.25, -0.2) is 9.78 Å². The van der Waals surface area contributed by atoms with Crippen LogP contribution >= 0.6 is 23.1 Å². The number of phenolic OH excluding ortho intramolecular Hbond substituents is 1. The van der Waals surface area contributed by atoms with Gasteiger partial charge in [-0.1, -0.05) is 18.2 Å². The number of aromatic nitrogens is 1. The van der Waals surface area contributed by atoms with Gasteiger partial charge in [-0.15, -0.1) is 23.1 Å². The number of aromatic hydroxyl groups is 1. The third kappa shape index (κ3) is 3.10. The van der Waals surface area contributed by atoms with Crippen molar-refractivity contribution in [3.05, 3.63) is 53.5 Å². The molecule has 1 saturated heterocycles. The van der Waals surface area contributed by atoms with Crippen LogP contribution in [0.25, 0.3) is 10.2 Å². The van der Waals surface area contributed by atoms with Gasteiger partial charge in [0.1, 0.15) is 27.9 Å². The van der Waals surface area contributed by atoms with Crippen molar-refractivity contribution in [3.63, 3.8) is 0 Å². The predicted molar refractivity (Wildman–Crippen MR) is 95.5 cm³/mol. The molecule has 2 atom stereocenters. The maximum atomic E-state index is 12.3. The Kier molecular flexibility index (Phi) is 4.13. The smallest absolute Gasteiger partial charge is 0.329 e. The number of benzene rings is 2. The number of thiazole rings is 1. The number of esters is 1. The van der Waals surface area contributed by atoms with Crippen LogP contribution in [0.4, 0.5) is 0 Å². The van der Waals surface area contributed by atoms with E-state index < -0.39 is 0 Å². The molecule has 7 heteroatoms. The van der Waals surface area contributed by atoms with Crippen LogP contribution in [0.1, 0.15) is 10.4 Å². The number of carbonyl (C=O) groups excluding carboxylic acids is 1. The van der Waals surface area contributed by atoms with Crippen molar-refractivity contribution in [2.45, 2.75) is 11.4 Å². The summed E-state index contributed by atoms with van der Waals surface area (Å²) in [6.45, 7) is 0. The number of nitrogens with one attached hydrogen (secondary N) is 1. The first-order chi connectivity index (χ1) is 11.7. The lowest BCUT2D eigenvalue weighted by atomic mass is 10.3. The topological polar surface area (TPSA) is 71.5 Å². The molecule has 2 aromatic carbocycles. The molecule has 0 aliphatic carbocycles. The lowest BCUT2D eigenvalue weighted by molar-refractivity contribution is -0.136. The third-order valence-electron chi connectivity index (χ3n) is 3.64. The van der Waals surface area contributed by atoms with Crippen molar-refractivity contribution < 1.29 is 14.6 Å². The van der Waals surface area contributed by atoms with E-state index in [0.29, 0.717) is 11.5 Å². The van der Waals surface area contributed by atoms with E-state index in [1.807, 2.05) is 18.2 Å². The highest BCUT2D eigenvalue weighted by Gasteiger charge is 2.33. The molecule has 0 spiro atoms. The zero-order valence-electron chi connectivity index (χ0n) is 12.5. The second kappa shape index (κ2) is 6.43. The second-order valence-corrected chi connectivity index (χ2v) is 7.57. The summed E-state index contributed by atoms with van der Waals surface area (Å²) in [5, 5.41) is 13.7. The molecule has 5 nitrogen and oxygen atoms in total. The Hall–Kier alpha value is -2.09. The molecular weight excluding hydrogens is 344 g/mol. The summed E-state index contributed by atoms with van der Waals surface area (Å²) in [6, 6.07) is 13.8. The van der Waals surface area contributed by atoms with E-state index >= 15 is 0 Å². The number of nitrogens with zero attached hydrogens (tertiary/aromatic N) is 1. The van der Waals surface area contributed by atoms with Gasteiger partial charge in [0.15, 0.2) is 0 Å². The molecule has 2 N–H and O–H groups in total. The summed E-state index contributed by atoms with van der Waals surface area (Å²) >= 11 is 3.16. The molecule has 1 fully saturated rings. The predicted octanol–water partition coefficient (Wildman–Crippen LogP) is 3.31. The van der Waals surface area contributed by atoms with Gasteiger partial charge in [0.25, 0.3) is 0 Å². The average molecular weight is 358 g/mol. The van der Waals surface area contributed by atoms with Crippen molar-refractivity contribution in [1.82, 2.24) is 10.3 Å². The Morgan fingerprint density at radius 2 is 2.08 bits per heavy atom. The largest absolute Gasteiger partial charge is 0.508 e.